The zero-order valence-corrected chi connectivity index (χ0v) is 14.6. The Bertz CT molecular complexity index is 847. The molecule has 2 aliphatic rings. The van der Waals surface area contributed by atoms with Crippen molar-refractivity contribution in [2.24, 2.45) is 5.73 Å². The van der Waals surface area contributed by atoms with Gasteiger partial charge in [-0.15, -0.1) is 0 Å². The second-order valence-corrected chi connectivity index (χ2v) is 7.13. The Labute approximate surface area is 153 Å². The minimum absolute atomic E-state index is 0.0361. The van der Waals surface area contributed by atoms with Crippen molar-refractivity contribution < 1.29 is 9.13 Å². The SMILES string of the molecule is N#Cc1c(F)cccc1O[C@@H]1c2ccccc2C[C@H]1N1CCC[C@@H](N)C1. The summed E-state index contributed by atoms with van der Waals surface area (Å²) >= 11 is 0. The zero-order valence-electron chi connectivity index (χ0n) is 14.6. The molecule has 1 aliphatic carbocycles. The maximum Gasteiger partial charge on any atom is 0.144 e. The van der Waals surface area contributed by atoms with Crippen LogP contribution < -0.4 is 10.5 Å². The van der Waals surface area contributed by atoms with Crippen molar-refractivity contribution in [3.05, 3.63) is 65.0 Å². The first-order valence-corrected chi connectivity index (χ1v) is 9.10. The van der Waals surface area contributed by atoms with E-state index in [4.69, 9.17) is 10.5 Å². The number of hydrogen-bond acceptors (Lipinski definition) is 4. The highest BCUT2D eigenvalue weighted by atomic mass is 19.1. The lowest BCUT2D eigenvalue weighted by Crippen LogP contribution is -2.49. The number of fused-ring (bicyclic) bond motifs is 1. The van der Waals surface area contributed by atoms with Crippen LogP contribution in [0.15, 0.2) is 42.5 Å². The number of rotatable bonds is 3. The summed E-state index contributed by atoms with van der Waals surface area (Å²) in [6, 6.07) is 15.0. The molecule has 0 saturated carbocycles. The summed E-state index contributed by atoms with van der Waals surface area (Å²) in [6.07, 6.45) is 2.77. The molecule has 2 aromatic rings. The third kappa shape index (κ3) is 3.07. The molecule has 4 rings (SSSR count). The first-order valence-electron chi connectivity index (χ1n) is 9.10. The van der Waals surface area contributed by atoms with Crippen LogP contribution in [0.25, 0.3) is 0 Å². The van der Waals surface area contributed by atoms with Crippen molar-refractivity contribution in [1.29, 1.82) is 5.26 Å². The highest BCUT2D eigenvalue weighted by Crippen LogP contribution is 2.39. The van der Waals surface area contributed by atoms with E-state index in [2.05, 4.69) is 17.0 Å². The molecule has 0 radical (unpaired) electrons. The van der Waals surface area contributed by atoms with Gasteiger partial charge in [0.05, 0.1) is 6.04 Å². The molecule has 0 spiro atoms. The van der Waals surface area contributed by atoms with Gasteiger partial charge >= 0.3 is 0 Å². The molecular formula is C21H22FN3O. The van der Waals surface area contributed by atoms with E-state index in [1.54, 1.807) is 12.1 Å². The molecule has 0 aromatic heterocycles. The molecule has 26 heavy (non-hydrogen) atoms. The molecule has 1 heterocycles. The molecule has 0 amide bonds. The molecule has 2 aromatic carbocycles. The summed E-state index contributed by atoms with van der Waals surface area (Å²) < 4.78 is 20.3. The van der Waals surface area contributed by atoms with E-state index >= 15 is 0 Å². The Morgan fingerprint density at radius 2 is 2.04 bits per heavy atom. The number of nitriles is 1. The number of hydrogen-bond donors (Lipinski definition) is 1. The lowest BCUT2D eigenvalue weighted by Gasteiger charge is -2.38. The van der Waals surface area contributed by atoms with Gasteiger partial charge in [-0.05, 0) is 49.1 Å². The average molecular weight is 351 g/mol. The van der Waals surface area contributed by atoms with E-state index in [1.165, 1.54) is 11.6 Å². The van der Waals surface area contributed by atoms with Crippen LogP contribution in [0.4, 0.5) is 4.39 Å². The second kappa shape index (κ2) is 7.06. The third-order valence-electron chi connectivity index (χ3n) is 5.44. The normalized spacial score (nSPS) is 25.5. The van der Waals surface area contributed by atoms with Crippen molar-refractivity contribution in [2.75, 3.05) is 13.1 Å². The van der Waals surface area contributed by atoms with Crippen molar-refractivity contribution in [1.82, 2.24) is 4.90 Å². The number of benzene rings is 2. The largest absolute Gasteiger partial charge is 0.483 e. The number of nitrogens with zero attached hydrogens (tertiary/aromatic N) is 2. The zero-order chi connectivity index (χ0) is 18.1. The van der Waals surface area contributed by atoms with Gasteiger partial charge in [-0.3, -0.25) is 4.90 Å². The molecule has 134 valence electrons. The van der Waals surface area contributed by atoms with Crippen LogP contribution in [0.2, 0.25) is 0 Å². The Morgan fingerprint density at radius 3 is 2.85 bits per heavy atom. The monoisotopic (exact) mass is 351 g/mol. The topological polar surface area (TPSA) is 62.3 Å². The Balaban J connectivity index is 1.68. The minimum Gasteiger partial charge on any atom is -0.483 e. The maximum atomic E-state index is 14.0. The highest BCUT2D eigenvalue weighted by molar-refractivity contribution is 5.45. The minimum atomic E-state index is -0.548. The van der Waals surface area contributed by atoms with Gasteiger partial charge in [-0.1, -0.05) is 30.3 Å². The molecule has 1 saturated heterocycles. The molecular weight excluding hydrogens is 329 g/mol. The van der Waals surface area contributed by atoms with Crippen molar-refractivity contribution in [2.45, 2.75) is 37.5 Å². The summed E-state index contributed by atoms with van der Waals surface area (Å²) in [5.41, 5.74) is 8.51. The summed E-state index contributed by atoms with van der Waals surface area (Å²) in [6.45, 7) is 1.83. The van der Waals surface area contributed by atoms with E-state index in [9.17, 15) is 9.65 Å². The number of ether oxygens (including phenoxy) is 1. The maximum absolute atomic E-state index is 14.0. The van der Waals surface area contributed by atoms with Gasteiger partial charge in [0.15, 0.2) is 0 Å². The van der Waals surface area contributed by atoms with Gasteiger partial charge < -0.3 is 10.5 Å². The molecule has 3 atom stereocenters. The predicted octanol–water partition coefficient (Wildman–Crippen LogP) is 3.17. The van der Waals surface area contributed by atoms with E-state index in [0.29, 0.717) is 5.75 Å². The first kappa shape index (κ1) is 17.0. The van der Waals surface area contributed by atoms with Gasteiger partial charge in [-0.2, -0.15) is 5.26 Å². The van der Waals surface area contributed by atoms with Crippen molar-refractivity contribution in [3.63, 3.8) is 0 Å². The summed E-state index contributed by atoms with van der Waals surface area (Å²) in [4.78, 5) is 2.39. The van der Waals surface area contributed by atoms with Crippen molar-refractivity contribution >= 4 is 0 Å². The molecule has 0 unspecified atom stereocenters. The molecule has 1 aliphatic heterocycles. The highest BCUT2D eigenvalue weighted by Gasteiger charge is 2.39. The summed E-state index contributed by atoms with van der Waals surface area (Å²) in [5.74, 6) is -0.242. The first-order chi connectivity index (χ1) is 12.7. The van der Waals surface area contributed by atoms with E-state index in [0.717, 1.165) is 37.9 Å². The standard InChI is InChI=1S/C21H22FN3O/c22-18-8-3-9-20(17(18)12-23)26-21-16-7-2-1-5-14(16)11-19(21)25-10-4-6-15(24)13-25/h1-3,5,7-9,15,19,21H,4,6,10-11,13,24H2/t15-,19-,21-/m1/s1. The number of nitrogens with two attached hydrogens (primary N) is 1. The Kier molecular flexibility index (Phi) is 4.62. The molecule has 2 N–H and O–H groups in total. The Hall–Kier alpha value is -2.42. The smallest absolute Gasteiger partial charge is 0.144 e. The van der Waals surface area contributed by atoms with Gasteiger partial charge in [0.25, 0.3) is 0 Å². The Morgan fingerprint density at radius 1 is 1.19 bits per heavy atom. The van der Waals surface area contributed by atoms with Crippen LogP contribution in [-0.2, 0) is 6.42 Å². The van der Waals surface area contributed by atoms with Crippen LogP contribution in [-0.4, -0.2) is 30.1 Å². The third-order valence-corrected chi connectivity index (χ3v) is 5.44. The number of piperidine rings is 1. The van der Waals surface area contributed by atoms with Crippen LogP contribution in [0, 0.1) is 17.1 Å². The van der Waals surface area contributed by atoms with Gasteiger partial charge in [0, 0.05) is 12.6 Å². The van der Waals surface area contributed by atoms with Gasteiger partial charge in [0.2, 0.25) is 0 Å². The van der Waals surface area contributed by atoms with Crippen molar-refractivity contribution in [3.8, 4) is 11.8 Å². The molecule has 5 heteroatoms. The van der Waals surface area contributed by atoms with Crippen LogP contribution in [0.3, 0.4) is 0 Å². The summed E-state index contributed by atoms with van der Waals surface area (Å²) in [7, 11) is 0. The molecule has 4 nitrogen and oxygen atoms in total. The second-order valence-electron chi connectivity index (χ2n) is 7.13. The summed E-state index contributed by atoms with van der Waals surface area (Å²) in [5, 5.41) is 9.32. The number of halogens is 1. The molecule has 1 fully saturated rings. The average Bonchev–Trinajstić information content (AvgIpc) is 3.01. The fourth-order valence-corrected chi connectivity index (χ4v) is 4.19. The van der Waals surface area contributed by atoms with Crippen LogP contribution in [0.5, 0.6) is 5.75 Å². The lowest BCUT2D eigenvalue weighted by atomic mass is 10.0. The van der Waals surface area contributed by atoms with E-state index in [1.807, 2.05) is 18.2 Å². The van der Waals surface area contributed by atoms with E-state index < -0.39 is 5.82 Å². The fourth-order valence-electron chi connectivity index (χ4n) is 4.19. The van der Waals surface area contributed by atoms with Gasteiger partial charge in [0.1, 0.15) is 29.3 Å². The van der Waals surface area contributed by atoms with Crippen LogP contribution in [0.1, 0.15) is 35.6 Å². The molecule has 0 bridgehead atoms. The van der Waals surface area contributed by atoms with Crippen LogP contribution >= 0.6 is 0 Å². The quantitative estimate of drug-likeness (QED) is 0.923. The number of likely N-dealkylation sites (tertiary alicyclic amines) is 1. The lowest BCUT2D eigenvalue weighted by molar-refractivity contribution is 0.0590. The van der Waals surface area contributed by atoms with Gasteiger partial charge in [-0.25, -0.2) is 4.39 Å². The predicted molar refractivity (Wildman–Crippen MR) is 97.2 cm³/mol. The van der Waals surface area contributed by atoms with E-state index in [-0.39, 0.29) is 23.8 Å². The fraction of sp³-hybridized carbons (Fsp3) is 0.381.